The van der Waals surface area contributed by atoms with E-state index >= 15 is 0 Å². The van der Waals surface area contributed by atoms with Crippen LogP contribution < -0.4 is 10.6 Å². The minimum atomic E-state index is -0.417. The Morgan fingerprint density at radius 2 is 1.56 bits per heavy atom. The number of carbonyl (C=O) groups excluding carboxylic acids is 2. The lowest BCUT2D eigenvalue weighted by atomic mass is 10.1. The summed E-state index contributed by atoms with van der Waals surface area (Å²) in [5, 5.41) is 5.96. The van der Waals surface area contributed by atoms with Crippen molar-refractivity contribution in [2.75, 3.05) is 18.9 Å². The second kappa shape index (κ2) is 9.33. The number of hydrogen-bond acceptors (Lipinski definition) is 3. The quantitative estimate of drug-likeness (QED) is 0.788. The smallest absolute Gasteiger partial charge is 0.238 e. The van der Waals surface area contributed by atoms with Gasteiger partial charge in [0, 0.05) is 5.69 Å². The van der Waals surface area contributed by atoms with Crippen molar-refractivity contribution < 1.29 is 9.59 Å². The maximum atomic E-state index is 12.5. The molecule has 0 fully saturated rings. The molecule has 0 aromatic heterocycles. The van der Waals surface area contributed by atoms with Gasteiger partial charge in [0.1, 0.15) is 0 Å². The van der Waals surface area contributed by atoms with Crippen molar-refractivity contribution in [3.05, 3.63) is 65.2 Å². The molecule has 0 heterocycles. The first kappa shape index (κ1) is 20.6. The van der Waals surface area contributed by atoms with Gasteiger partial charge in [-0.3, -0.25) is 14.5 Å². The maximum Gasteiger partial charge on any atom is 0.238 e. The van der Waals surface area contributed by atoms with E-state index in [-0.39, 0.29) is 24.4 Å². The molecule has 2 aromatic carbocycles. The maximum absolute atomic E-state index is 12.5. The molecule has 2 amide bonds. The highest BCUT2D eigenvalue weighted by molar-refractivity contribution is 5.94. The second-order valence-electron chi connectivity index (χ2n) is 7.05. The number of nitrogens with one attached hydrogen (secondary N) is 2. The third kappa shape index (κ3) is 5.66. The Bertz CT molecular complexity index is 769. The molecule has 2 unspecified atom stereocenters. The van der Waals surface area contributed by atoms with E-state index in [1.165, 1.54) is 0 Å². The molecule has 2 N–H and O–H groups in total. The van der Waals surface area contributed by atoms with Crippen molar-refractivity contribution in [3.8, 4) is 0 Å². The minimum Gasteiger partial charge on any atom is -0.348 e. The molecule has 0 bridgehead atoms. The van der Waals surface area contributed by atoms with Crippen LogP contribution in [0.1, 0.15) is 36.6 Å². The number of para-hydroxylation sites is 1. The van der Waals surface area contributed by atoms with Crippen LogP contribution in [0.3, 0.4) is 0 Å². The number of aryl methyl sites for hydroxylation is 2. The Morgan fingerprint density at radius 3 is 2.15 bits per heavy atom. The molecular formula is C22H29N3O2. The number of likely N-dealkylation sites (N-methyl/N-ethyl adjacent to an activating group) is 1. The van der Waals surface area contributed by atoms with Gasteiger partial charge in [0.2, 0.25) is 11.8 Å². The topological polar surface area (TPSA) is 61.4 Å². The molecule has 5 nitrogen and oxygen atoms in total. The highest BCUT2D eigenvalue weighted by Gasteiger charge is 2.22. The molecule has 0 radical (unpaired) electrons. The number of benzene rings is 2. The molecule has 27 heavy (non-hydrogen) atoms. The van der Waals surface area contributed by atoms with Crippen LogP contribution in [-0.4, -0.2) is 36.3 Å². The standard InChI is InChI=1S/C22H29N3O2/c1-15-10-9-11-16(2)21(15)24-20(26)14-25(5)18(4)22(27)23-17(3)19-12-7-6-8-13-19/h6-13,17-18H,14H2,1-5H3,(H,23,27)(H,24,26). The Kier molecular flexibility index (Phi) is 7.13. The third-order valence-corrected chi connectivity index (χ3v) is 4.84. The van der Waals surface area contributed by atoms with Crippen LogP contribution in [0, 0.1) is 13.8 Å². The molecule has 0 aliphatic carbocycles. The number of anilines is 1. The lowest BCUT2D eigenvalue weighted by Gasteiger charge is -2.25. The predicted octanol–water partition coefficient (Wildman–Crippen LogP) is 3.44. The summed E-state index contributed by atoms with van der Waals surface area (Å²) in [6.45, 7) is 7.83. The summed E-state index contributed by atoms with van der Waals surface area (Å²) in [7, 11) is 1.78. The van der Waals surface area contributed by atoms with Gasteiger partial charge in [-0.1, -0.05) is 48.5 Å². The van der Waals surface area contributed by atoms with Crippen molar-refractivity contribution in [2.24, 2.45) is 0 Å². The molecule has 0 spiro atoms. The van der Waals surface area contributed by atoms with Crippen LogP contribution in [0.2, 0.25) is 0 Å². The fourth-order valence-corrected chi connectivity index (χ4v) is 2.91. The lowest BCUT2D eigenvalue weighted by Crippen LogP contribution is -2.46. The normalized spacial score (nSPS) is 13.1. The molecule has 0 saturated carbocycles. The van der Waals surface area contributed by atoms with Crippen molar-refractivity contribution in [2.45, 2.75) is 39.8 Å². The molecule has 5 heteroatoms. The first-order valence-corrected chi connectivity index (χ1v) is 9.21. The van der Waals surface area contributed by atoms with E-state index in [0.717, 1.165) is 22.4 Å². The van der Waals surface area contributed by atoms with Crippen LogP contribution in [0.5, 0.6) is 0 Å². The number of amides is 2. The fourth-order valence-electron chi connectivity index (χ4n) is 2.91. The zero-order chi connectivity index (χ0) is 20.0. The molecule has 2 atom stereocenters. The number of nitrogens with zero attached hydrogens (tertiary/aromatic N) is 1. The van der Waals surface area contributed by atoms with Crippen molar-refractivity contribution >= 4 is 17.5 Å². The first-order chi connectivity index (χ1) is 12.8. The van der Waals surface area contributed by atoms with Crippen molar-refractivity contribution in [1.82, 2.24) is 10.2 Å². The van der Waals surface area contributed by atoms with Gasteiger partial charge in [-0.15, -0.1) is 0 Å². The molecule has 0 saturated heterocycles. The van der Waals surface area contributed by atoms with Crippen LogP contribution in [0.4, 0.5) is 5.69 Å². The second-order valence-corrected chi connectivity index (χ2v) is 7.05. The zero-order valence-electron chi connectivity index (χ0n) is 16.7. The summed E-state index contributed by atoms with van der Waals surface area (Å²) in [5.74, 6) is -0.237. The van der Waals surface area contributed by atoms with Gasteiger partial charge in [0.15, 0.2) is 0 Å². The Morgan fingerprint density at radius 1 is 0.963 bits per heavy atom. The molecular weight excluding hydrogens is 338 g/mol. The van der Waals surface area contributed by atoms with Gasteiger partial charge in [-0.2, -0.15) is 0 Å². The monoisotopic (exact) mass is 367 g/mol. The van der Waals surface area contributed by atoms with Gasteiger partial charge in [0.05, 0.1) is 18.6 Å². The van der Waals surface area contributed by atoms with E-state index in [0.29, 0.717) is 0 Å². The molecule has 2 rings (SSSR count). The Labute approximate surface area is 161 Å². The number of carbonyl (C=O) groups is 2. The van der Waals surface area contributed by atoms with E-state index in [1.54, 1.807) is 18.9 Å². The zero-order valence-corrected chi connectivity index (χ0v) is 16.7. The first-order valence-electron chi connectivity index (χ1n) is 9.21. The largest absolute Gasteiger partial charge is 0.348 e. The molecule has 0 aliphatic heterocycles. The minimum absolute atomic E-state index is 0.0852. The number of rotatable bonds is 7. The Hall–Kier alpha value is -2.66. The predicted molar refractivity (Wildman–Crippen MR) is 110 cm³/mol. The average Bonchev–Trinajstić information content (AvgIpc) is 2.64. The Balaban J connectivity index is 1.91. The third-order valence-electron chi connectivity index (χ3n) is 4.84. The molecule has 144 valence electrons. The molecule has 0 aliphatic rings. The lowest BCUT2D eigenvalue weighted by molar-refractivity contribution is -0.127. The van der Waals surface area contributed by atoms with Gasteiger partial charge in [-0.25, -0.2) is 0 Å². The van der Waals surface area contributed by atoms with Gasteiger partial charge in [0.25, 0.3) is 0 Å². The van der Waals surface area contributed by atoms with Gasteiger partial charge in [-0.05, 0) is 51.4 Å². The van der Waals surface area contributed by atoms with Crippen LogP contribution in [0.25, 0.3) is 0 Å². The summed E-state index contributed by atoms with van der Waals surface area (Å²) < 4.78 is 0. The summed E-state index contributed by atoms with van der Waals surface area (Å²) in [6, 6.07) is 15.2. The molecule has 2 aromatic rings. The van der Waals surface area contributed by atoms with E-state index in [4.69, 9.17) is 0 Å². The van der Waals surface area contributed by atoms with E-state index in [1.807, 2.05) is 69.3 Å². The van der Waals surface area contributed by atoms with E-state index < -0.39 is 6.04 Å². The van der Waals surface area contributed by atoms with Crippen molar-refractivity contribution in [1.29, 1.82) is 0 Å². The van der Waals surface area contributed by atoms with Crippen LogP contribution in [0.15, 0.2) is 48.5 Å². The summed E-state index contributed by atoms with van der Waals surface area (Å²) in [6.07, 6.45) is 0. The SMILES string of the molecule is Cc1cccc(C)c1NC(=O)CN(C)C(C)C(=O)NC(C)c1ccccc1. The number of hydrogen-bond donors (Lipinski definition) is 2. The van der Waals surface area contributed by atoms with Gasteiger partial charge < -0.3 is 10.6 Å². The highest BCUT2D eigenvalue weighted by Crippen LogP contribution is 2.19. The average molecular weight is 367 g/mol. The van der Waals surface area contributed by atoms with Crippen LogP contribution >= 0.6 is 0 Å². The van der Waals surface area contributed by atoms with Gasteiger partial charge >= 0.3 is 0 Å². The highest BCUT2D eigenvalue weighted by atomic mass is 16.2. The summed E-state index contributed by atoms with van der Waals surface area (Å²) in [4.78, 5) is 26.7. The van der Waals surface area contributed by atoms with Crippen molar-refractivity contribution in [3.63, 3.8) is 0 Å². The fraction of sp³-hybridized carbons (Fsp3) is 0.364. The van der Waals surface area contributed by atoms with E-state index in [9.17, 15) is 9.59 Å². The summed E-state index contributed by atoms with van der Waals surface area (Å²) >= 11 is 0. The van der Waals surface area contributed by atoms with E-state index in [2.05, 4.69) is 10.6 Å². The summed E-state index contributed by atoms with van der Waals surface area (Å²) in [5.41, 5.74) is 3.93. The van der Waals surface area contributed by atoms with Crippen LogP contribution in [-0.2, 0) is 9.59 Å².